The molecule has 4 rings (SSSR count). The zero-order valence-corrected chi connectivity index (χ0v) is 15.6. The third kappa shape index (κ3) is 4.86. The molecule has 0 bridgehead atoms. The van der Waals surface area contributed by atoms with E-state index in [2.05, 4.69) is 56.4 Å². The van der Waals surface area contributed by atoms with Crippen LogP contribution in [-0.2, 0) is 4.74 Å². The molecule has 0 unspecified atom stereocenters. The van der Waals surface area contributed by atoms with E-state index < -0.39 is 0 Å². The van der Waals surface area contributed by atoms with Gasteiger partial charge in [-0.15, -0.1) is 0 Å². The van der Waals surface area contributed by atoms with Gasteiger partial charge >= 0.3 is 0 Å². The molecule has 0 spiro atoms. The predicted octanol–water partition coefficient (Wildman–Crippen LogP) is 2.52. The third-order valence-corrected chi connectivity index (χ3v) is 4.95. The highest BCUT2D eigenvalue weighted by Gasteiger charge is 2.23. The number of hydrogen-bond donors (Lipinski definition) is 1. The summed E-state index contributed by atoms with van der Waals surface area (Å²) in [5.74, 6) is 0.898. The second-order valence-corrected chi connectivity index (χ2v) is 6.87. The van der Waals surface area contributed by atoms with Crippen molar-refractivity contribution in [3.63, 3.8) is 0 Å². The van der Waals surface area contributed by atoms with Gasteiger partial charge in [-0.3, -0.25) is 14.7 Å². The second-order valence-electron chi connectivity index (χ2n) is 6.87. The normalized spacial score (nSPS) is 19.0. The molecular formula is C21H27N5O. The van der Waals surface area contributed by atoms with Gasteiger partial charge in [-0.1, -0.05) is 36.4 Å². The van der Waals surface area contributed by atoms with E-state index in [1.54, 1.807) is 0 Å². The maximum atomic E-state index is 5.44. The van der Waals surface area contributed by atoms with Crippen LogP contribution in [0.1, 0.15) is 0 Å². The van der Waals surface area contributed by atoms with Crippen LogP contribution in [0, 0.1) is 0 Å². The van der Waals surface area contributed by atoms with Crippen LogP contribution in [0.2, 0.25) is 0 Å². The van der Waals surface area contributed by atoms with Crippen molar-refractivity contribution >= 4 is 17.3 Å². The van der Waals surface area contributed by atoms with E-state index in [1.165, 1.54) is 0 Å². The van der Waals surface area contributed by atoms with E-state index in [0.717, 1.165) is 63.4 Å². The molecule has 27 heavy (non-hydrogen) atoms. The minimum atomic E-state index is 0.711. The molecule has 0 saturated carbocycles. The summed E-state index contributed by atoms with van der Waals surface area (Å²) < 4.78 is 5.44. The van der Waals surface area contributed by atoms with Gasteiger partial charge in [0.2, 0.25) is 5.96 Å². The molecule has 142 valence electrons. The maximum Gasteiger partial charge on any atom is 0.205 e. The van der Waals surface area contributed by atoms with Crippen molar-refractivity contribution in [2.45, 2.75) is 0 Å². The quantitative estimate of drug-likeness (QED) is 0.882. The summed E-state index contributed by atoms with van der Waals surface area (Å²) in [5.41, 5.74) is 2.20. The molecule has 0 aliphatic carbocycles. The summed E-state index contributed by atoms with van der Waals surface area (Å²) >= 11 is 0. The zero-order chi connectivity index (χ0) is 18.3. The first-order chi connectivity index (χ1) is 13.4. The van der Waals surface area contributed by atoms with Crippen LogP contribution in [-0.4, -0.2) is 68.5 Å². The number of anilines is 2. The van der Waals surface area contributed by atoms with E-state index in [0.29, 0.717) is 6.67 Å². The van der Waals surface area contributed by atoms with Crippen molar-refractivity contribution < 1.29 is 4.74 Å². The molecule has 6 heteroatoms. The minimum Gasteiger partial charge on any atom is -0.379 e. The molecule has 2 heterocycles. The van der Waals surface area contributed by atoms with Crippen molar-refractivity contribution in [2.24, 2.45) is 4.99 Å². The Morgan fingerprint density at radius 1 is 0.852 bits per heavy atom. The lowest BCUT2D eigenvalue weighted by Crippen LogP contribution is -2.51. The van der Waals surface area contributed by atoms with Gasteiger partial charge in [0.25, 0.3) is 0 Å². The lowest BCUT2D eigenvalue weighted by atomic mass is 10.3. The number of para-hydroxylation sites is 2. The SMILES string of the molecule is c1ccc(NC2=NCN(CCN3CCOCC3)CN2c2ccccc2)cc1. The van der Waals surface area contributed by atoms with Gasteiger partial charge in [0.15, 0.2) is 0 Å². The third-order valence-electron chi connectivity index (χ3n) is 4.95. The van der Waals surface area contributed by atoms with Crippen LogP contribution < -0.4 is 10.2 Å². The number of nitrogens with zero attached hydrogens (tertiary/aromatic N) is 4. The summed E-state index contributed by atoms with van der Waals surface area (Å²) in [6.07, 6.45) is 0. The van der Waals surface area contributed by atoms with E-state index in [1.807, 2.05) is 24.3 Å². The number of benzene rings is 2. The summed E-state index contributed by atoms with van der Waals surface area (Å²) in [4.78, 5) is 11.9. The molecule has 1 fully saturated rings. The molecule has 0 radical (unpaired) electrons. The molecular weight excluding hydrogens is 338 g/mol. The molecule has 1 N–H and O–H groups in total. The van der Waals surface area contributed by atoms with Crippen LogP contribution in [0.3, 0.4) is 0 Å². The summed E-state index contributed by atoms with van der Waals surface area (Å²) in [6, 6.07) is 20.7. The van der Waals surface area contributed by atoms with Gasteiger partial charge in [-0.2, -0.15) is 0 Å². The Morgan fingerprint density at radius 3 is 2.26 bits per heavy atom. The maximum absolute atomic E-state index is 5.44. The zero-order valence-electron chi connectivity index (χ0n) is 15.6. The standard InChI is InChI=1S/C21H27N5O/c1-3-7-19(8-4-1)23-21-22-17-25(12-11-24-13-15-27-16-14-24)18-26(21)20-9-5-2-6-10-20/h1-10H,11-18H2,(H,22,23). The Morgan fingerprint density at radius 2 is 1.52 bits per heavy atom. The van der Waals surface area contributed by atoms with Gasteiger partial charge in [0, 0.05) is 37.6 Å². The van der Waals surface area contributed by atoms with Crippen LogP contribution >= 0.6 is 0 Å². The van der Waals surface area contributed by atoms with Crippen molar-refractivity contribution in [3.05, 3.63) is 60.7 Å². The van der Waals surface area contributed by atoms with Gasteiger partial charge in [-0.25, -0.2) is 4.99 Å². The summed E-state index contributed by atoms with van der Waals surface area (Å²) in [5, 5.41) is 3.48. The molecule has 2 aromatic rings. The molecule has 0 amide bonds. The van der Waals surface area contributed by atoms with Crippen LogP contribution in [0.15, 0.2) is 65.7 Å². The fraction of sp³-hybridized carbons (Fsp3) is 0.381. The molecule has 1 saturated heterocycles. The van der Waals surface area contributed by atoms with Crippen molar-refractivity contribution in [1.29, 1.82) is 0 Å². The first-order valence-corrected chi connectivity index (χ1v) is 9.60. The highest BCUT2D eigenvalue weighted by atomic mass is 16.5. The Labute approximate surface area is 161 Å². The highest BCUT2D eigenvalue weighted by Crippen LogP contribution is 2.19. The molecule has 2 aliphatic heterocycles. The van der Waals surface area contributed by atoms with E-state index in [-0.39, 0.29) is 0 Å². The second kappa shape index (κ2) is 8.99. The predicted molar refractivity (Wildman–Crippen MR) is 110 cm³/mol. The van der Waals surface area contributed by atoms with Gasteiger partial charge in [-0.05, 0) is 24.3 Å². The van der Waals surface area contributed by atoms with E-state index in [9.17, 15) is 0 Å². The molecule has 0 atom stereocenters. The fourth-order valence-corrected chi connectivity index (χ4v) is 3.38. The van der Waals surface area contributed by atoms with Crippen molar-refractivity contribution in [3.8, 4) is 0 Å². The summed E-state index contributed by atoms with van der Waals surface area (Å²) in [6.45, 7) is 7.35. The first kappa shape index (κ1) is 18.0. The number of aliphatic imine (C=N–C) groups is 1. The number of nitrogens with one attached hydrogen (secondary N) is 1. The van der Waals surface area contributed by atoms with Crippen molar-refractivity contribution in [2.75, 3.05) is 62.9 Å². The van der Waals surface area contributed by atoms with Crippen LogP contribution in [0.4, 0.5) is 11.4 Å². The van der Waals surface area contributed by atoms with Gasteiger partial charge < -0.3 is 10.1 Å². The molecule has 2 aliphatic rings. The number of ether oxygens (including phenoxy) is 1. The lowest BCUT2D eigenvalue weighted by molar-refractivity contribution is 0.0334. The Balaban J connectivity index is 1.45. The highest BCUT2D eigenvalue weighted by molar-refractivity contribution is 6.05. The number of hydrogen-bond acceptors (Lipinski definition) is 6. The minimum absolute atomic E-state index is 0.711. The fourth-order valence-electron chi connectivity index (χ4n) is 3.38. The Hall–Kier alpha value is -2.41. The van der Waals surface area contributed by atoms with E-state index >= 15 is 0 Å². The monoisotopic (exact) mass is 365 g/mol. The van der Waals surface area contributed by atoms with Crippen LogP contribution in [0.5, 0.6) is 0 Å². The topological polar surface area (TPSA) is 43.3 Å². The summed E-state index contributed by atoms with van der Waals surface area (Å²) in [7, 11) is 0. The smallest absolute Gasteiger partial charge is 0.205 e. The Kier molecular flexibility index (Phi) is 5.99. The Bertz CT molecular complexity index is 731. The van der Waals surface area contributed by atoms with Gasteiger partial charge in [0.1, 0.15) is 0 Å². The molecule has 0 aromatic heterocycles. The molecule has 2 aromatic carbocycles. The number of morpholine rings is 1. The average Bonchev–Trinajstić information content (AvgIpc) is 2.75. The number of rotatable bonds is 5. The van der Waals surface area contributed by atoms with E-state index in [4.69, 9.17) is 9.73 Å². The largest absolute Gasteiger partial charge is 0.379 e. The molecule has 6 nitrogen and oxygen atoms in total. The average molecular weight is 365 g/mol. The first-order valence-electron chi connectivity index (χ1n) is 9.60. The van der Waals surface area contributed by atoms with Crippen LogP contribution in [0.25, 0.3) is 0 Å². The number of guanidine groups is 1. The van der Waals surface area contributed by atoms with Crippen molar-refractivity contribution in [1.82, 2.24) is 9.80 Å². The van der Waals surface area contributed by atoms with Gasteiger partial charge in [0.05, 0.1) is 26.6 Å². The lowest BCUT2D eigenvalue weighted by Gasteiger charge is -2.37.